The third kappa shape index (κ3) is 3.61. The summed E-state index contributed by atoms with van der Waals surface area (Å²) < 4.78 is 3.68. The Morgan fingerprint density at radius 3 is 2.12 bits per heavy atom. The van der Waals surface area contributed by atoms with Crippen molar-refractivity contribution in [1.29, 1.82) is 0 Å². The quantitative estimate of drug-likeness (QED) is 0.432. The molecule has 8 heavy (non-hydrogen) atoms. The molecule has 0 aromatic heterocycles. The molecule has 0 bridgehead atoms. The van der Waals surface area contributed by atoms with Gasteiger partial charge in [-0.1, -0.05) is 45.9 Å². The molecular weight excluding hydrogens is 320 g/mol. The molecule has 1 rings (SSSR count). The summed E-state index contributed by atoms with van der Waals surface area (Å²) in [4.78, 5) is 0. The fourth-order valence-electron chi connectivity index (χ4n) is 0.444. The summed E-state index contributed by atoms with van der Waals surface area (Å²) in [5, 5.41) is 0. The fourth-order valence-corrected chi connectivity index (χ4v) is 4.45. The zero-order valence-electron chi connectivity index (χ0n) is 4.03. The first kappa shape index (κ1) is 7.72. The number of rotatable bonds is 2. The number of hydrogen-bond donors (Lipinski definition) is 0. The van der Waals surface area contributed by atoms with Crippen molar-refractivity contribution >= 4 is 49.8 Å². The minimum absolute atomic E-state index is 0.514. The summed E-state index contributed by atoms with van der Waals surface area (Å²) in [6.07, 6.45) is 0.514. The van der Waals surface area contributed by atoms with E-state index in [0.717, 1.165) is 12.7 Å². The van der Waals surface area contributed by atoms with Gasteiger partial charge < -0.3 is 4.74 Å². The van der Waals surface area contributed by atoms with E-state index >= 15 is 0 Å². The lowest BCUT2D eigenvalue weighted by Gasteiger charge is -2.03. The summed E-state index contributed by atoms with van der Waals surface area (Å²) in [7, 11) is 0. The van der Waals surface area contributed by atoms with Gasteiger partial charge in [0.15, 0.2) is 0 Å². The van der Waals surface area contributed by atoms with E-state index in [4.69, 9.17) is 4.74 Å². The van der Waals surface area contributed by atoms with Crippen molar-refractivity contribution in [2.75, 3.05) is 6.61 Å². The number of hydrogen-bond acceptors (Lipinski definition) is 1. The Morgan fingerprint density at radius 2 is 2.00 bits per heavy atom. The van der Waals surface area contributed by atoms with Crippen LogP contribution in [0, 0.1) is 0 Å². The molecule has 1 saturated heterocycles. The molecule has 1 atom stereocenters. The van der Waals surface area contributed by atoms with Crippen molar-refractivity contribution in [3.8, 4) is 0 Å². The number of halogens is 3. The maximum atomic E-state index is 5.03. The van der Waals surface area contributed by atoms with Crippen molar-refractivity contribution in [3.63, 3.8) is 0 Å². The molecule has 0 saturated carbocycles. The molecule has 0 N–H and O–H groups in total. The summed E-state index contributed by atoms with van der Waals surface area (Å²) in [6, 6.07) is 1.10. The maximum Gasteiger partial charge on any atom is 0.269 e. The van der Waals surface area contributed by atoms with E-state index < -0.39 is 3.93 Å². The summed E-state index contributed by atoms with van der Waals surface area (Å²) in [5.41, 5.74) is 0. The number of ether oxygens (including phenoxy) is 1. The van der Waals surface area contributed by atoms with Crippen molar-refractivity contribution in [2.45, 2.75) is 12.1 Å². The Balaban J connectivity index is 2.16. The third-order valence-corrected chi connectivity index (χ3v) is 4.69. The molecule has 0 aromatic carbocycles. The van der Waals surface area contributed by atoms with Crippen molar-refractivity contribution < 1.29 is 4.74 Å². The zero-order valence-corrected chi connectivity index (χ0v) is 9.79. The van der Waals surface area contributed by atoms with Gasteiger partial charge in [-0.2, -0.15) is 0 Å². The predicted octanol–water partition coefficient (Wildman–Crippen LogP) is 2.51. The van der Waals surface area contributed by atoms with Crippen LogP contribution in [-0.2, 0) is 4.74 Å². The highest BCUT2D eigenvalue weighted by atomic mass is 80.0. The van der Waals surface area contributed by atoms with Gasteiger partial charge in [0, 0.05) is 0 Å². The van der Waals surface area contributed by atoms with E-state index in [1.54, 1.807) is 0 Å². The fraction of sp³-hybridized carbons (Fsp3) is 1.00. The molecule has 0 spiro atoms. The second-order valence-corrected chi connectivity index (χ2v) is 25.2. The second kappa shape index (κ2) is 2.70. The van der Waals surface area contributed by atoms with Crippen LogP contribution < -0.4 is 0 Å². The molecule has 0 aromatic rings. The van der Waals surface area contributed by atoms with Crippen LogP contribution >= 0.6 is 45.9 Å². The van der Waals surface area contributed by atoms with Gasteiger partial charge in [-0.05, 0) is 6.04 Å². The maximum absolute atomic E-state index is 5.03. The van der Waals surface area contributed by atoms with Crippen LogP contribution in [0.4, 0.5) is 0 Å². The van der Waals surface area contributed by atoms with Gasteiger partial charge in [-0.25, -0.2) is 0 Å². The van der Waals surface area contributed by atoms with Crippen LogP contribution in [0.5, 0.6) is 0 Å². The van der Waals surface area contributed by atoms with Gasteiger partial charge >= 0.3 is 0 Å². The van der Waals surface area contributed by atoms with Gasteiger partial charge in [-0.3, -0.25) is 0 Å². The van der Waals surface area contributed by atoms with Crippen molar-refractivity contribution in [3.05, 3.63) is 0 Å². The van der Waals surface area contributed by atoms with Gasteiger partial charge in [0.1, 0.15) is 0 Å². The molecule has 1 heterocycles. The molecule has 1 nitrogen and oxygen atoms in total. The van der Waals surface area contributed by atoms with Crippen LogP contribution in [0.2, 0.25) is 6.04 Å². The topological polar surface area (TPSA) is 12.5 Å². The lowest BCUT2D eigenvalue weighted by Crippen LogP contribution is -2.08. The van der Waals surface area contributed by atoms with E-state index in [9.17, 15) is 0 Å². The molecule has 5 heteroatoms. The lowest BCUT2D eigenvalue weighted by molar-refractivity contribution is 0.423. The first-order chi connectivity index (χ1) is 3.58. The van der Waals surface area contributed by atoms with Crippen LogP contribution in [-0.4, -0.2) is 16.6 Å². The molecule has 1 aliphatic heterocycles. The minimum Gasteiger partial charge on any atom is -0.373 e. The highest BCUT2D eigenvalue weighted by molar-refractivity contribution is 9.72. The van der Waals surface area contributed by atoms with E-state index in [2.05, 4.69) is 45.9 Å². The normalized spacial score (nSPS) is 28.1. The van der Waals surface area contributed by atoms with Gasteiger partial charge in [-0.15, -0.1) is 0 Å². The monoisotopic (exact) mass is 322 g/mol. The summed E-state index contributed by atoms with van der Waals surface area (Å²) in [6.45, 7) is 0.942. The number of epoxide rings is 1. The Kier molecular flexibility index (Phi) is 2.60. The Labute approximate surface area is 72.9 Å². The van der Waals surface area contributed by atoms with Crippen LogP contribution in [0.1, 0.15) is 0 Å². The highest BCUT2D eigenvalue weighted by Crippen LogP contribution is 2.36. The molecule has 1 fully saturated rings. The summed E-state index contributed by atoms with van der Waals surface area (Å²) in [5.74, 6) is 0. The standard InChI is InChI=1S/C3H5Br3OSi/c4-8(5,6)2-3-1-7-3/h3H,1-2H2. The zero-order chi connectivity index (χ0) is 6.20. The van der Waals surface area contributed by atoms with E-state index in [0.29, 0.717) is 6.10 Å². The van der Waals surface area contributed by atoms with Crippen molar-refractivity contribution in [1.82, 2.24) is 0 Å². The molecule has 1 aliphatic rings. The molecule has 48 valence electrons. The predicted molar refractivity (Wildman–Crippen MR) is 47.1 cm³/mol. The van der Waals surface area contributed by atoms with Gasteiger partial charge in [0.2, 0.25) is 0 Å². The Hall–Kier alpha value is 1.62. The van der Waals surface area contributed by atoms with E-state index in [1.807, 2.05) is 0 Å². The average Bonchev–Trinajstić information content (AvgIpc) is 2.12. The third-order valence-electron chi connectivity index (χ3n) is 0.861. The van der Waals surface area contributed by atoms with E-state index in [-0.39, 0.29) is 0 Å². The van der Waals surface area contributed by atoms with E-state index in [1.165, 1.54) is 0 Å². The lowest BCUT2D eigenvalue weighted by atomic mass is 10.6. The highest BCUT2D eigenvalue weighted by Gasteiger charge is 2.34. The summed E-state index contributed by atoms with van der Waals surface area (Å²) >= 11 is 10.5. The minimum atomic E-state index is -1.35. The molecule has 0 aliphatic carbocycles. The van der Waals surface area contributed by atoms with Gasteiger partial charge in [0.05, 0.1) is 12.7 Å². The SMILES string of the molecule is Br[Si](Br)(Br)CC1CO1. The van der Waals surface area contributed by atoms with Crippen LogP contribution in [0.15, 0.2) is 0 Å². The smallest absolute Gasteiger partial charge is 0.269 e. The van der Waals surface area contributed by atoms with Crippen LogP contribution in [0.25, 0.3) is 0 Å². The second-order valence-electron chi connectivity index (χ2n) is 1.77. The molecule has 0 amide bonds. The average molecular weight is 325 g/mol. The Morgan fingerprint density at radius 1 is 1.50 bits per heavy atom. The van der Waals surface area contributed by atoms with Crippen LogP contribution in [0.3, 0.4) is 0 Å². The molecule has 0 radical (unpaired) electrons. The molecule has 1 unspecified atom stereocenters. The molecular formula is C3H5Br3OSi. The Bertz CT molecular complexity index is 87.0. The first-order valence-electron chi connectivity index (χ1n) is 2.26. The van der Waals surface area contributed by atoms with Crippen molar-refractivity contribution in [2.24, 2.45) is 0 Å². The van der Waals surface area contributed by atoms with Gasteiger partial charge in [0.25, 0.3) is 3.93 Å². The first-order valence-corrected chi connectivity index (χ1v) is 11.2. The largest absolute Gasteiger partial charge is 0.373 e.